The van der Waals surface area contributed by atoms with Gasteiger partial charge in [0.1, 0.15) is 9.52 Å². The predicted octanol–water partition coefficient (Wildman–Crippen LogP) is 10.8. The van der Waals surface area contributed by atoms with Crippen molar-refractivity contribution in [2.75, 3.05) is 0 Å². The maximum absolute atomic E-state index is 3.85. The SMILES string of the molecule is Cc1ccc([Si]c2cc(-c3ccc(C)c(C)c3C)c(-c3cccc4c3[nH]c3ccccc34)c(-c3ccc(C)c(C)c3C)c2)c(C)c1C. The summed E-state index contributed by atoms with van der Waals surface area (Å²) in [4.78, 5) is 3.85. The zero-order chi connectivity index (χ0) is 33.1. The summed E-state index contributed by atoms with van der Waals surface area (Å²) in [7, 11) is 0.554. The van der Waals surface area contributed by atoms with Crippen molar-refractivity contribution in [3.63, 3.8) is 0 Å². The molecule has 1 N–H and O–H groups in total. The molecule has 2 radical (unpaired) electrons. The maximum Gasteiger partial charge on any atom is 0.121 e. The Bertz CT molecular complexity index is 2290. The van der Waals surface area contributed by atoms with Crippen LogP contribution in [0.2, 0.25) is 0 Å². The first-order chi connectivity index (χ1) is 22.5. The van der Waals surface area contributed by atoms with E-state index in [4.69, 9.17) is 0 Å². The predicted molar refractivity (Wildman–Crippen MR) is 206 cm³/mol. The summed E-state index contributed by atoms with van der Waals surface area (Å²) < 4.78 is 0. The molecule has 0 saturated carbocycles. The Labute approximate surface area is 282 Å². The third-order valence-electron chi connectivity index (χ3n) is 11.0. The monoisotopic (exact) mass is 625 g/mol. The molecule has 0 atom stereocenters. The first-order valence-corrected chi connectivity index (χ1v) is 17.7. The van der Waals surface area contributed by atoms with Crippen molar-refractivity contribution in [3.05, 3.63) is 141 Å². The molecule has 2 heteroatoms. The van der Waals surface area contributed by atoms with E-state index in [0.717, 1.165) is 0 Å². The Morgan fingerprint density at radius 3 is 1.57 bits per heavy atom. The second kappa shape index (κ2) is 11.9. The van der Waals surface area contributed by atoms with E-state index in [1.165, 1.54) is 116 Å². The Morgan fingerprint density at radius 1 is 0.426 bits per heavy atom. The van der Waals surface area contributed by atoms with Crippen LogP contribution >= 0.6 is 0 Å². The molecule has 0 spiro atoms. The zero-order valence-electron chi connectivity index (χ0n) is 29.2. The normalized spacial score (nSPS) is 11.6. The molecule has 0 aliphatic rings. The van der Waals surface area contributed by atoms with E-state index >= 15 is 0 Å². The van der Waals surface area contributed by atoms with Crippen LogP contribution in [0.1, 0.15) is 50.1 Å². The lowest BCUT2D eigenvalue weighted by molar-refractivity contribution is 1.26. The molecule has 0 bridgehead atoms. The number of fused-ring (bicyclic) bond motifs is 3. The lowest BCUT2D eigenvalue weighted by Crippen LogP contribution is -2.30. The van der Waals surface area contributed by atoms with Crippen molar-refractivity contribution in [1.29, 1.82) is 0 Å². The minimum Gasteiger partial charge on any atom is -0.354 e. The number of nitrogens with one attached hydrogen (secondary N) is 1. The first kappa shape index (κ1) is 31.0. The summed E-state index contributed by atoms with van der Waals surface area (Å²) in [5.74, 6) is 0. The standard InChI is InChI=1S/C45H43NSi/c1-25-17-20-35(31(7)28(25)4)40-23-34(47-43-22-19-27(3)30(6)33(43)9)24-41(36-21-18-26(2)29(5)32(36)8)44(40)39-15-12-14-38-37-13-10-11-16-42(37)46-45(38)39/h10-24,46H,1-9H3. The fraction of sp³-hybridized carbons (Fsp3) is 0.200. The molecule has 0 unspecified atom stereocenters. The molecule has 6 aromatic carbocycles. The lowest BCUT2D eigenvalue weighted by atomic mass is 9.82. The van der Waals surface area contributed by atoms with Crippen LogP contribution in [-0.4, -0.2) is 14.5 Å². The van der Waals surface area contributed by atoms with Crippen molar-refractivity contribution in [3.8, 4) is 33.4 Å². The Hall–Kier alpha value is -4.66. The van der Waals surface area contributed by atoms with Gasteiger partial charge in [0.15, 0.2) is 0 Å². The summed E-state index contributed by atoms with van der Waals surface area (Å²) in [5.41, 5.74) is 22.4. The molecule has 1 heterocycles. The third kappa shape index (κ3) is 5.16. The molecule has 1 nitrogen and oxygen atoms in total. The highest BCUT2D eigenvalue weighted by molar-refractivity contribution is 6.68. The van der Waals surface area contributed by atoms with Crippen molar-refractivity contribution in [2.24, 2.45) is 0 Å². The van der Waals surface area contributed by atoms with E-state index in [0.29, 0.717) is 9.52 Å². The van der Waals surface area contributed by atoms with E-state index in [1.807, 2.05) is 0 Å². The fourth-order valence-electron chi connectivity index (χ4n) is 7.25. The lowest BCUT2D eigenvalue weighted by Gasteiger charge is -2.23. The summed E-state index contributed by atoms with van der Waals surface area (Å²) in [6.07, 6.45) is 0. The van der Waals surface area contributed by atoms with Gasteiger partial charge in [0.25, 0.3) is 0 Å². The van der Waals surface area contributed by atoms with Gasteiger partial charge in [0, 0.05) is 21.9 Å². The second-order valence-electron chi connectivity index (χ2n) is 13.5. The van der Waals surface area contributed by atoms with Gasteiger partial charge in [-0.1, -0.05) is 95.3 Å². The molecular weight excluding hydrogens is 583 g/mol. The number of benzene rings is 6. The highest BCUT2D eigenvalue weighted by atomic mass is 28.2. The van der Waals surface area contributed by atoms with Crippen LogP contribution in [0.4, 0.5) is 0 Å². The third-order valence-corrected chi connectivity index (χ3v) is 12.4. The number of H-pyrrole nitrogens is 1. The van der Waals surface area contributed by atoms with Gasteiger partial charge in [-0.05, 0) is 146 Å². The quantitative estimate of drug-likeness (QED) is 0.183. The average Bonchev–Trinajstić information content (AvgIpc) is 3.45. The van der Waals surface area contributed by atoms with Crippen molar-refractivity contribution in [2.45, 2.75) is 62.3 Å². The van der Waals surface area contributed by atoms with Gasteiger partial charge in [-0.2, -0.15) is 0 Å². The molecule has 7 aromatic rings. The fourth-order valence-corrected chi connectivity index (χ4v) is 8.54. The molecule has 0 saturated heterocycles. The van der Waals surface area contributed by atoms with Gasteiger partial charge in [0.05, 0.1) is 5.52 Å². The first-order valence-electron chi connectivity index (χ1n) is 16.7. The van der Waals surface area contributed by atoms with Crippen LogP contribution < -0.4 is 10.4 Å². The van der Waals surface area contributed by atoms with Gasteiger partial charge >= 0.3 is 0 Å². The molecule has 0 aliphatic heterocycles. The van der Waals surface area contributed by atoms with Gasteiger partial charge in [-0.15, -0.1) is 0 Å². The molecule has 0 fully saturated rings. The van der Waals surface area contributed by atoms with E-state index in [2.05, 4.69) is 158 Å². The van der Waals surface area contributed by atoms with Crippen LogP contribution in [0.25, 0.3) is 55.2 Å². The highest BCUT2D eigenvalue weighted by Gasteiger charge is 2.23. The van der Waals surface area contributed by atoms with E-state index in [1.54, 1.807) is 0 Å². The number of aromatic nitrogens is 1. The number of rotatable bonds is 5. The van der Waals surface area contributed by atoms with Crippen LogP contribution in [0.5, 0.6) is 0 Å². The highest BCUT2D eigenvalue weighted by Crippen LogP contribution is 2.45. The molecular formula is C45H43NSi. The van der Waals surface area contributed by atoms with Crippen LogP contribution in [0.3, 0.4) is 0 Å². The summed E-state index contributed by atoms with van der Waals surface area (Å²) in [6, 6.07) is 34.4. The molecule has 0 aliphatic carbocycles. The minimum atomic E-state index is 0.554. The summed E-state index contributed by atoms with van der Waals surface area (Å²) in [6.45, 7) is 20.4. The smallest absolute Gasteiger partial charge is 0.121 e. The largest absolute Gasteiger partial charge is 0.354 e. The van der Waals surface area contributed by atoms with E-state index in [9.17, 15) is 0 Å². The molecule has 7 rings (SSSR count). The van der Waals surface area contributed by atoms with E-state index < -0.39 is 0 Å². The van der Waals surface area contributed by atoms with Gasteiger partial charge in [0.2, 0.25) is 0 Å². The van der Waals surface area contributed by atoms with Crippen molar-refractivity contribution < 1.29 is 0 Å². The zero-order valence-corrected chi connectivity index (χ0v) is 30.2. The second-order valence-corrected chi connectivity index (χ2v) is 14.9. The van der Waals surface area contributed by atoms with Gasteiger partial charge < -0.3 is 4.98 Å². The molecule has 0 amide bonds. The Balaban J connectivity index is 1.63. The number of hydrogen-bond acceptors (Lipinski definition) is 0. The summed E-state index contributed by atoms with van der Waals surface area (Å²) in [5, 5.41) is 5.31. The molecule has 47 heavy (non-hydrogen) atoms. The number of hydrogen-bond donors (Lipinski definition) is 1. The average molecular weight is 626 g/mol. The molecule has 1 aromatic heterocycles. The Morgan fingerprint density at radius 2 is 0.957 bits per heavy atom. The minimum absolute atomic E-state index is 0.554. The van der Waals surface area contributed by atoms with Crippen molar-refractivity contribution >= 4 is 41.7 Å². The van der Waals surface area contributed by atoms with Gasteiger partial charge in [-0.3, -0.25) is 0 Å². The topological polar surface area (TPSA) is 15.8 Å². The van der Waals surface area contributed by atoms with Crippen LogP contribution in [-0.2, 0) is 0 Å². The van der Waals surface area contributed by atoms with Crippen molar-refractivity contribution in [1.82, 2.24) is 4.98 Å². The number of aromatic amines is 1. The molecule has 232 valence electrons. The Kier molecular flexibility index (Phi) is 7.81. The number of aryl methyl sites for hydroxylation is 3. The van der Waals surface area contributed by atoms with Gasteiger partial charge in [-0.25, -0.2) is 0 Å². The summed E-state index contributed by atoms with van der Waals surface area (Å²) >= 11 is 0. The number of para-hydroxylation sites is 2. The van der Waals surface area contributed by atoms with Crippen LogP contribution in [0, 0.1) is 62.3 Å². The maximum atomic E-state index is 3.85. The van der Waals surface area contributed by atoms with E-state index in [-0.39, 0.29) is 0 Å². The van der Waals surface area contributed by atoms with Crippen LogP contribution in [0.15, 0.2) is 91.0 Å².